The number of aliphatic hydroxyl groups excluding tert-OH is 1. The Morgan fingerprint density at radius 3 is 0.747 bits per heavy atom. The summed E-state index contributed by atoms with van der Waals surface area (Å²) in [7, 11) is -9.91. The highest BCUT2D eigenvalue weighted by Gasteiger charge is 2.30. The van der Waals surface area contributed by atoms with Gasteiger partial charge in [-0.2, -0.15) is 0 Å². The van der Waals surface area contributed by atoms with Gasteiger partial charge in [0.2, 0.25) is 0 Å². The zero-order chi connectivity index (χ0) is 69.8. The standard InChI is InChI=1S/C76H148O17P2/c1-6-10-13-16-19-22-25-27-29-30-32-34-37-40-46-51-56-61-75(80)92-71(65-87-74(79)60-55-50-45-39-36-33-31-28-26-23-20-17-14-11-7-2)67-90-94(82,83)88-63-70(77)64-89-95(84,85)91-68-72(66-86-73(78)59-54-49-44-38-35-24-21-18-15-12-8-3)93-76(81)62-57-52-47-42-41-43-48-53-58-69(5)9-4/h69-72,77H,6-68H2,1-5H3,(H,82,83)(H,84,85)/t69?,70-,71-,72-/m1/s1. The molecule has 0 heterocycles. The number of ether oxygens (including phenoxy) is 4. The van der Waals surface area contributed by atoms with Crippen LogP contribution in [-0.2, 0) is 65.4 Å². The number of phosphoric acid groups is 2. The highest BCUT2D eigenvalue weighted by atomic mass is 31.2. The van der Waals surface area contributed by atoms with Crippen LogP contribution in [-0.4, -0.2) is 96.7 Å². The molecule has 0 saturated carbocycles. The fourth-order valence-corrected chi connectivity index (χ4v) is 13.3. The van der Waals surface area contributed by atoms with Gasteiger partial charge in [0.15, 0.2) is 12.2 Å². The second-order valence-corrected chi connectivity index (χ2v) is 30.5. The fraction of sp³-hybridized carbons (Fsp3) is 0.947. The molecule has 0 fully saturated rings. The van der Waals surface area contributed by atoms with Gasteiger partial charge in [0.1, 0.15) is 19.3 Å². The van der Waals surface area contributed by atoms with Gasteiger partial charge in [0, 0.05) is 25.7 Å². The lowest BCUT2D eigenvalue weighted by atomic mass is 9.99. The van der Waals surface area contributed by atoms with E-state index in [1.807, 2.05) is 0 Å². The van der Waals surface area contributed by atoms with Crippen LogP contribution < -0.4 is 0 Å². The first kappa shape index (κ1) is 93.1. The first-order chi connectivity index (χ1) is 46.1. The second-order valence-electron chi connectivity index (χ2n) is 27.6. The van der Waals surface area contributed by atoms with E-state index in [-0.39, 0.29) is 25.7 Å². The average molecular weight is 1400 g/mol. The van der Waals surface area contributed by atoms with E-state index in [4.69, 9.17) is 37.0 Å². The van der Waals surface area contributed by atoms with Gasteiger partial charge in [-0.25, -0.2) is 9.13 Å². The second kappa shape index (κ2) is 69.2. The summed E-state index contributed by atoms with van der Waals surface area (Å²) in [5.74, 6) is -1.34. The summed E-state index contributed by atoms with van der Waals surface area (Å²) in [5, 5.41) is 10.6. The van der Waals surface area contributed by atoms with Gasteiger partial charge in [-0.1, -0.05) is 349 Å². The normalized spacial score (nSPS) is 14.2. The van der Waals surface area contributed by atoms with Gasteiger partial charge in [0.25, 0.3) is 0 Å². The van der Waals surface area contributed by atoms with Crippen molar-refractivity contribution in [3.05, 3.63) is 0 Å². The first-order valence-corrected chi connectivity index (χ1v) is 42.7. The average Bonchev–Trinajstić information content (AvgIpc) is 2.19. The zero-order valence-corrected chi connectivity index (χ0v) is 63.6. The van der Waals surface area contributed by atoms with Gasteiger partial charge in [0.05, 0.1) is 26.4 Å². The van der Waals surface area contributed by atoms with Crippen LogP contribution >= 0.6 is 15.6 Å². The minimum atomic E-state index is -4.96. The largest absolute Gasteiger partial charge is 0.472 e. The number of hydrogen-bond donors (Lipinski definition) is 3. The van der Waals surface area contributed by atoms with Crippen molar-refractivity contribution in [1.29, 1.82) is 0 Å². The molecule has 0 aliphatic rings. The maximum atomic E-state index is 13.1. The Balaban J connectivity index is 5.25. The Bertz CT molecular complexity index is 1820. The van der Waals surface area contributed by atoms with E-state index in [0.29, 0.717) is 25.7 Å². The predicted molar refractivity (Wildman–Crippen MR) is 386 cm³/mol. The quantitative estimate of drug-likeness (QED) is 0.0222. The topological polar surface area (TPSA) is 237 Å². The van der Waals surface area contributed by atoms with Crippen LogP contribution in [0, 0.1) is 5.92 Å². The summed E-state index contributed by atoms with van der Waals surface area (Å²) in [4.78, 5) is 72.8. The molecule has 0 aliphatic carbocycles. The summed E-state index contributed by atoms with van der Waals surface area (Å²) < 4.78 is 68.5. The molecule has 0 aromatic carbocycles. The van der Waals surface area contributed by atoms with Crippen LogP contribution in [0.15, 0.2) is 0 Å². The van der Waals surface area contributed by atoms with Gasteiger partial charge in [-0.15, -0.1) is 0 Å². The minimum absolute atomic E-state index is 0.106. The van der Waals surface area contributed by atoms with Crippen LogP contribution in [0.4, 0.5) is 0 Å². The maximum Gasteiger partial charge on any atom is 0.472 e. The molecule has 0 radical (unpaired) electrons. The van der Waals surface area contributed by atoms with Crippen molar-refractivity contribution < 1.29 is 80.2 Å². The summed E-state index contributed by atoms with van der Waals surface area (Å²) in [6.07, 6.45) is 58.1. The molecule has 0 rings (SSSR count). The maximum absolute atomic E-state index is 13.1. The van der Waals surface area contributed by atoms with Crippen molar-refractivity contribution >= 4 is 39.5 Å². The minimum Gasteiger partial charge on any atom is -0.462 e. The van der Waals surface area contributed by atoms with Crippen molar-refractivity contribution in [3.8, 4) is 0 Å². The van der Waals surface area contributed by atoms with Crippen LogP contribution in [0.2, 0.25) is 0 Å². The molecule has 0 aromatic rings. The Morgan fingerprint density at radius 1 is 0.295 bits per heavy atom. The highest BCUT2D eigenvalue weighted by Crippen LogP contribution is 2.45. The van der Waals surface area contributed by atoms with E-state index in [1.54, 1.807) is 0 Å². The van der Waals surface area contributed by atoms with Crippen molar-refractivity contribution in [2.75, 3.05) is 39.6 Å². The molecular weight excluding hydrogens is 1250 g/mol. The van der Waals surface area contributed by atoms with E-state index in [2.05, 4.69) is 34.6 Å². The SMILES string of the molecule is CCCCCCCCCCCCCCCCCCCC(=O)O[C@H](COC(=O)CCCCCCCCCCCCCCCCC)COP(=O)(O)OC[C@@H](O)COP(=O)(O)OC[C@@H](COC(=O)CCCCCCCCCCCCC)OC(=O)CCCCCCCCCCC(C)CC. The van der Waals surface area contributed by atoms with Gasteiger partial charge < -0.3 is 33.8 Å². The summed E-state index contributed by atoms with van der Waals surface area (Å²) in [5.41, 5.74) is 0. The summed E-state index contributed by atoms with van der Waals surface area (Å²) >= 11 is 0. The lowest BCUT2D eigenvalue weighted by molar-refractivity contribution is -0.161. The number of phosphoric ester groups is 2. The number of hydrogen-bond acceptors (Lipinski definition) is 15. The molecule has 3 N–H and O–H groups in total. The predicted octanol–water partition coefficient (Wildman–Crippen LogP) is 22.5. The third-order valence-electron chi connectivity index (χ3n) is 18.1. The zero-order valence-electron chi connectivity index (χ0n) is 61.8. The monoisotopic (exact) mass is 1400 g/mol. The molecule has 0 aliphatic heterocycles. The van der Waals surface area contributed by atoms with Crippen molar-refractivity contribution in [2.24, 2.45) is 5.92 Å². The van der Waals surface area contributed by atoms with E-state index in [1.165, 1.54) is 225 Å². The number of rotatable bonds is 76. The molecule has 564 valence electrons. The van der Waals surface area contributed by atoms with E-state index in [0.717, 1.165) is 95.8 Å². The Kier molecular flexibility index (Phi) is 67.7. The molecule has 0 spiro atoms. The van der Waals surface area contributed by atoms with E-state index in [9.17, 15) is 43.2 Å². The molecule has 19 heteroatoms. The molecule has 0 amide bonds. The van der Waals surface area contributed by atoms with E-state index < -0.39 is 97.5 Å². The molecule has 95 heavy (non-hydrogen) atoms. The number of aliphatic hydroxyl groups is 1. The van der Waals surface area contributed by atoms with Crippen molar-refractivity contribution in [1.82, 2.24) is 0 Å². The van der Waals surface area contributed by atoms with Crippen LogP contribution in [0.3, 0.4) is 0 Å². The number of unbranched alkanes of at least 4 members (excludes halogenated alkanes) is 47. The lowest BCUT2D eigenvalue weighted by Crippen LogP contribution is -2.30. The Hall–Kier alpha value is -1.94. The first-order valence-electron chi connectivity index (χ1n) is 39.7. The van der Waals surface area contributed by atoms with Gasteiger partial charge in [-0.3, -0.25) is 37.3 Å². The number of carbonyl (C=O) groups is 4. The highest BCUT2D eigenvalue weighted by molar-refractivity contribution is 7.47. The Labute approximate surface area is 581 Å². The summed E-state index contributed by atoms with van der Waals surface area (Å²) in [6.45, 7) is 7.29. The van der Waals surface area contributed by atoms with Gasteiger partial charge in [-0.05, 0) is 31.6 Å². The molecule has 3 unspecified atom stereocenters. The molecular formula is C76H148O17P2. The third kappa shape index (κ3) is 69.0. The number of carbonyl (C=O) groups excluding carboxylic acids is 4. The number of esters is 4. The molecule has 0 aromatic heterocycles. The van der Waals surface area contributed by atoms with Crippen LogP contribution in [0.5, 0.6) is 0 Å². The van der Waals surface area contributed by atoms with Gasteiger partial charge >= 0.3 is 39.5 Å². The fourth-order valence-electron chi connectivity index (χ4n) is 11.7. The Morgan fingerprint density at radius 2 is 0.505 bits per heavy atom. The molecule has 6 atom stereocenters. The molecule has 17 nitrogen and oxygen atoms in total. The molecule has 0 bridgehead atoms. The lowest BCUT2D eigenvalue weighted by Gasteiger charge is -2.21. The molecule has 0 saturated heterocycles. The smallest absolute Gasteiger partial charge is 0.462 e. The third-order valence-corrected chi connectivity index (χ3v) is 20.0. The van der Waals surface area contributed by atoms with Crippen molar-refractivity contribution in [2.45, 2.75) is 419 Å². The van der Waals surface area contributed by atoms with Crippen molar-refractivity contribution in [3.63, 3.8) is 0 Å². The van der Waals surface area contributed by atoms with Crippen LogP contribution in [0.1, 0.15) is 401 Å². The van der Waals surface area contributed by atoms with Crippen LogP contribution in [0.25, 0.3) is 0 Å². The summed E-state index contributed by atoms with van der Waals surface area (Å²) in [6, 6.07) is 0. The van der Waals surface area contributed by atoms with E-state index >= 15 is 0 Å².